The minimum atomic E-state index is -3.46. The maximum Gasteiger partial charge on any atom is 0.330 e. The second-order valence-electron chi connectivity index (χ2n) is 4.23. The van der Waals surface area contributed by atoms with E-state index in [0.717, 1.165) is 6.26 Å². The van der Waals surface area contributed by atoms with Gasteiger partial charge in [-0.15, -0.1) is 0 Å². The maximum absolute atomic E-state index is 11.7. The number of carbonyl (C=O) groups is 2. The largest absolute Gasteiger partial charge is 0.452 e. The zero-order valence-corrected chi connectivity index (χ0v) is 12.6. The summed E-state index contributed by atoms with van der Waals surface area (Å²) in [5.74, 6) is -1.23. The zero-order chi connectivity index (χ0) is 15.9. The van der Waals surface area contributed by atoms with E-state index in [4.69, 9.17) is 4.74 Å². The van der Waals surface area contributed by atoms with Gasteiger partial charge in [0.05, 0.1) is 10.6 Å². The second-order valence-corrected chi connectivity index (χ2v) is 6.22. The molecule has 7 heteroatoms. The normalized spacial score (nSPS) is 11.3. The quantitative estimate of drug-likeness (QED) is 0.636. The first kappa shape index (κ1) is 16.9. The number of allylic oxidation sites excluding steroid dienone is 1. The van der Waals surface area contributed by atoms with Crippen molar-refractivity contribution >= 4 is 27.4 Å². The fourth-order valence-corrected chi connectivity index (χ4v) is 2.32. The van der Waals surface area contributed by atoms with Gasteiger partial charge in [0.2, 0.25) is 0 Å². The summed E-state index contributed by atoms with van der Waals surface area (Å²) in [7, 11) is -3.46. The predicted molar refractivity (Wildman–Crippen MR) is 78.6 cm³/mol. The van der Waals surface area contributed by atoms with Gasteiger partial charge >= 0.3 is 5.97 Å². The Balaban J connectivity index is 2.68. The molecule has 21 heavy (non-hydrogen) atoms. The summed E-state index contributed by atoms with van der Waals surface area (Å²) in [4.78, 5) is 22.9. The van der Waals surface area contributed by atoms with Gasteiger partial charge in [-0.25, -0.2) is 13.2 Å². The molecule has 0 saturated heterocycles. The van der Waals surface area contributed by atoms with Gasteiger partial charge in [0, 0.05) is 12.3 Å². The van der Waals surface area contributed by atoms with E-state index in [0.29, 0.717) is 6.42 Å². The molecule has 0 saturated carbocycles. The number of para-hydroxylation sites is 1. The van der Waals surface area contributed by atoms with Crippen LogP contribution in [0.4, 0.5) is 5.69 Å². The summed E-state index contributed by atoms with van der Waals surface area (Å²) in [6.45, 7) is 1.38. The Labute approximate surface area is 123 Å². The Kier molecular flexibility index (Phi) is 6.10. The van der Waals surface area contributed by atoms with Gasteiger partial charge in [0.15, 0.2) is 16.4 Å². The Morgan fingerprint density at radius 3 is 2.57 bits per heavy atom. The van der Waals surface area contributed by atoms with E-state index in [1.54, 1.807) is 18.2 Å². The van der Waals surface area contributed by atoms with Crippen LogP contribution in [0.15, 0.2) is 41.3 Å². The summed E-state index contributed by atoms with van der Waals surface area (Å²) < 4.78 is 27.9. The molecule has 1 rings (SSSR count). The van der Waals surface area contributed by atoms with Gasteiger partial charge in [-0.2, -0.15) is 0 Å². The lowest BCUT2D eigenvalue weighted by molar-refractivity contribution is -0.142. The molecule has 1 N–H and O–H groups in total. The van der Waals surface area contributed by atoms with Crippen LogP contribution < -0.4 is 5.32 Å². The second kappa shape index (κ2) is 7.58. The summed E-state index contributed by atoms with van der Waals surface area (Å²) >= 11 is 0. The Morgan fingerprint density at radius 1 is 1.29 bits per heavy atom. The first-order valence-corrected chi connectivity index (χ1v) is 8.16. The molecule has 0 atom stereocenters. The van der Waals surface area contributed by atoms with Crippen LogP contribution in [0.1, 0.15) is 13.3 Å². The number of ether oxygens (including phenoxy) is 1. The molecule has 1 aromatic carbocycles. The molecule has 0 spiro atoms. The van der Waals surface area contributed by atoms with Crippen LogP contribution in [0.25, 0.3) is 0 Å². The van der Waals surface area contributed by atoms with Crippen molar-refractivity contribution in [1.29, 1.82) is 0 Å². The third-order valence-electron chi connectivity index (χ3n) is 2.40. The fraction of sp³-hybridized carbons (Fsp3) is 0.286. The van der Waals surface area contributed by atoms with Gasteiger partial charge in [-0.05, 0) is 18.6 Å². The van der Waals surface area contributed by atoms with Crippen LogP contribution in [0.2, 0.25) is 0 Å². The van der Waals surface area contributed by atoms with E-state index in [1.807, 2.05) is 6.92 Å². The third kappa shape index (κ3) is 5.78. The minimum Gasteiger partial charge on any atom is -0.452 e. The van der Waals surface area contributed by atoms with Crippen molar-refractivity contribution in [3.05, 3.63) is 36.4 Å². The van der Waals surface area contributed by atoms with E-state index in [-0.39, 0.29) is 10.6 Å². The molecule has 0 aliphatic carbocycles. The van der Waals surface area contributed by atoms with Crippen molar-refractivity contribution in [1.82, 2.24) is 0 Å². The molecule has 0 radical (unpaired) electrons. The van der Waals surface area contributed by atoms with Gasteiger partial charge < -0.3 is 10.1 Å². The van der Waals surface area contributed by atoms with E-state index in [1.165, 1.54) is 18.2 Å². The molecule has 0 unspecified atom stereocenters. The van der Waals surface area contributed by atoms with Crippen LogP contribution in [0.3, 0.4) is 0 Å². The number of rotatable bonds is 6. The first-order chi connectivity index (χ1) is 9.84. The van der Waals surface area contributed by atoms with Crippen LogP contribution in [-0.2, 0) is 24.2 Å². The summed E-state index contributed by atoms with van der Waals surface area (Å²) in [6, 6.07) is 6.01. The Bertz CT molecular complexity index is 649. The maximum atomic E-state index is 11.7. The van der Waals surface area contributed by atoms with Crippen molar-refractivity contribution in [2.75, 3.05) is 18.2 Å². The summed E-state index contributed by atoms with van der Waals surface area (Å²) in [6.07, 6.45) is 4.58. The van der Waals surface area contributed by atoms with Crippen LogP contribution >= 0.6 is 0 Å². The number of carbonyl (C=O) groups excluding carboxylic acids is 2. The zero-order valence-electron chi connectivity index (χ0n) is 11.8. The first-order valence-electron chi connectivity index (χ1n) is 6.27. The molecule has 6 nitrogen and oxygen atoms in total. The third-order valence-corrected chi connectivity index (χ3v) is 3.55. The van der Waals surface area contributed by atoms with Crippen LogP contribution in [-0.4, -0.2) is 33.2 Å². The molecule has 0 fully saturated rings. The molecule has 0 heterocycles. The molecular weight excluding hydrogens is 294 g/mol. The van der Waals surface area contributed by atoms with E-state index < -0.39 is 28.3 Å². The number of esters is 1. The monoisotopic (exact) mass is 311 g/mol. The highest BCUT2D eigenvalue weighted by Gasteiger charge is 2.14. The average molecular weight is 311 g/mol. The number of hydrogen-bond donors (Lipinski definition) is 1. The molecule has 0 aliphatic rings. The van der Waals surface area contributed by atoms with Gasteiger partial charge in [0.1, 0.15) is 0 Å². The highest BCUT2D eigenvalue weighted by atomic mass is 32.2. The topological polar surface area (TPSA) is 89.5 Å². The van der Waals surface area contributed by atoms with Crippen molar-refractivity contribution in [2.45, 2.75) is 18.2 Å². The highest BCUT2D eigenvalue weighted by Crippen LogP contribution is 2.20. The molecule has 0 bridgehead atoms. The molecule has 114 valence electrons. The van der Waals surface area contributed by atoms with E-state index in [2.05, 4.69) is 5.32 Å². The highest BCUT2D eigenvalue weighted by molar-refractivity contribution is 7.90. The average Bonchev–Trinajstić information content (AvgIpc) is 2.42. The smallest absolute Gasteiger partial charge is 0.330 e. The van der Waals surface area contributed by atoms with Gasteiger partial charge in [0.25, 0.3) is 5.91 Å². The SMILES string of the molecule is CC/C=C/C(=O)OCC(=O)Nc1ccccc1S(C)(=O)=O. The van der Waals surface area contributed by atoms with E-state index in [9.17, 15) is 18.0 Å². The number of anilines is 1. The minimum absolute atomic E-state index is 0.00977. The standard InChI is InChI=1S/C14H17NO5S/c1-3-4-9-14(17)20-10-13(16)15-11-7-5-6-8-12(11)21(2,18)19/h4-9H,3,10H2,1-2H3,(H,15,16)/b9-4+. The van der Waals surface area contributed by atoms with Crippen molar-refractivity contribution in [3.63, 3.8) is 0 Å². The summed E-state index contributed by atoms with van der Waals surface area (Å²) in [5.41, 5.74) is 0.158. The molecule has 1 amide bonds. The predicted octanol–water partition coefficient (Wildman–Crippen LogP) is 1.54. The fourth-order valence-electron chi connectivity index (χ4n) is 1.48. The van der Waals surface area contributed by atoms with Crippen LogP contribution in [0.5, 0.6) is 0 Å². The number of amides is 1. The lowest BCUT2D eigenvalue weighted by atomic mass is 10.3. The number of hydrogen-bond acceptors (Lipinski definition) is 5. The number of benzene rings is 1. The lowest BCUT2D eigenvalue weighted by Crippen LogP contribution is -2.21. The van der Waals surface area contributed by atoms with Crippen molar-refractivity contribution < 1.29 is 22.7 Å². The van der Waals surface area contributed by atoms with Crippen molar-refractivity contribution in [2.24, 2.45) is 0 Å². The van der Waals surface area contributed by atoms with Gasteiger partial charge in [-0.1, -0.05) is 25.1 Å². The number of sulfone groups is 1. The van der Waals surface area contributed by atoms with Gasteiger partial charge in [-0.3, -0.25) is 4.79 Å². The number of nitrogens with one attached hydrogen (secondary N) is 1. The lowest BCUT2D eigenvalue weighted by Gasteiger charge is -2.09. The molecular formula is C14H17NO5S. The Morgan fingerprint density at radius 2 is 1.95 bits per heavy atom. The molecule has 0 aromatic heterocycles. The summed E-state index contributed by atoms with van der Waals surface area (Å²) in [5, 5.41) is 2.41. The van der Waals surface area contributed by atoms with E-state index >= 15 is 0 Å². The van der Waals surface area contributed by atoms with Crippen molar-refractivity contribution in [3.8, 4) is 0 Å². The van der Waals surface area contributed by atoms with Crippen LogP contribution in [0, 0.1) is 0 Å². The molecule has 1 aromatic rings. The Hall–Kier alpha value is -2.15. The molecule has 0 aliphatic heterocycles.